The average Bonchev–Trinajstić information content (AvgIpc) is 3.12. The molecule has 132 valence electrons. The van der Waals surface area contributed by atoms with Crippen LogP contribution in [0.1, 0.15) is 11.1 Å². The molecule has 4 nitrogen and oxygen atoms in total. The highest BCUT2D eigenvalue weighted by atomic mass is 16.4. The Balaban J connectivity index is 1.33. The molecule has 1 aliphatic carbocycles. The van der Waals surface area contributed by atoms with Crippen LogP contribution in [0, 0.1) is 0 Å². The van der Waals surface area contributed by atoms with E-state index in [0.29, 0.717) is 11.6 Å². The minimum atomic E-state index is -0.285. The fourth-order valence-electron chi connectivity index (χ4n) is 4.45. The van der Waals surface area contributed by atoms with E-state index >= 15 is 0 Å². The Hall–Kier alpha value is -2.59. The molecule has 0 bridgehead atoms. The molecule has 2 heterocycles. The molecule has 4 heteroatoms. The Morgan fingerprint density at radius 1 is 0.808 bits per heavy atom. The second kappa shape index (κ2) is 6.29. The lowest BCUT2D eigenvalue weighted by Crippen LogP contribution is -2.50. The fourth-order valence-corrected chi connectivity index (χ4v) is 4.45. The van der Waals surface area contributed by atoms with Gasteiger partial charge in [-0.2, -0.15) is 0 Å². The molecule has 5 rings (SSSR count). The van der Waals surface area contributed by atoms with Gasteiger partial charge in [0.2, 0.25) is 0 Å². The van der Waals surface area contributed by atoms with Crippen molar-refractivity contribution < 1.29 is 4.42 Å². The highest BCUT2D eigenvalue weighted by Gasteiger charge is 2.29. The van der Waals surface area contributed by atoms with Crippen molar-refractivity contribution in [2.45, 2.75) is 18.9 Å². The first-order valence-corrected chi connectivity index (χ1v) is 9.36. The molecular formula is C22H22N2O2. The Labute approximate surface area is 152 Å². The summed E-state index contributed by atoms with van der Waals surface area (Å²) in [5, 5.41) is 0.982. The van der Waals surface area contributed by atoms with Crippen LogP contribution in [0.15, 0.2) is 63.8 Å². The van der Waals surface area contributed by atoms with Gasteiger partial charge in [-0.15, -0.1) is 0 Å². The number of hydrogen-bond donors (Lipinski definition) is 0. The van der Waals surface area contributed by atoms with Crippen molar-refractivity contribution in [1.82, 2.24) is 4.90 Å². The third-order valence-corrected chi connectivity index (χ3v) is 5.83. The van der Waals surface area contributed by atoms with E-state index in [1.165, 1.54) is 30.0 Å². The molecule has 0 spiro atoms. The molecule has 0 unspecified atom stereocenters. The molecule has 0 amide bonds. The van der Waals surface area contributed by atoms with Gasteiger partial charge in [-0.1, -0.05) is 36.4 Å². The normalized spacial score (nSPS) is 18.4. The van der Waals surface area contributed by atoms with Gasteiger partial charge in [0.1, 0.15) is 0 Å². The van der Waals surface area contributed by atoms with Crippen LogP contribution in [0.2, 0.25) is 0 Å². The topological polar surface area (TPSA) is 36.7 Å². The summed E-state index contributed by atoms with van der Waals surface area (Å²) in [5.41, 5.74) is 4.48. The van der Waals surface area contributed by atoms with Crippen molar-refractivity contribution in [2.75, 3.05) is 31.1 Å². The lowest BCUT2D eigenvalue weighted by atomic mass is 10.1. The molecule has 1 aromatic heterocycles. The van der Waals surface area contributed by atoms with Gasteiger partial charge < -0.3 is 9.32 Å². The summed E-state index contributed by atoms with van der Waals surface area (Å²) in [5.74, 6) is 0. The molecule has 0 atom stereocenters. The van der Waals surface area contributed by atoms with Crippen molar-refractivity contribution in [3.05, 3.63) is 76.1 Å². The highest BCUT2D eigenvalue weighted by Crippen LogP contribution is 2.29. The summed E-state index contributed by atoms with van der Waals surface area (Å²) < 4.78 is 5.50. The molecule has 3 aromatic rings. The summed E-state index contributed by atoms with van der Waals surface area (Å²) in [7, 11) is 0. The zero-order valence-electron chi connectivity index (χ0n) is 14.7. The number of nitrogens with zero attached hydrogens (tertiary/aromatic N) is 2. The zero-order valence-corrected chi connectivity index (χ0v) is 14.7. The maximum atomic E-state index is 11.7. The number of para-hydroxylation sites is 1. The highest BCUT2D eigenvalue weighted by molar-refractivity contribution is 5.88. The summed E-state index contributed by atoms with van der Waals surface area (Å²) in [6.45, 7) is 4.02. The second-order valence-electron chi connectivity index (χ2n) is 7.30. The van der Waals surface area contributed by atoms with Crippen molar-refractivity contribution in [1.29, 1.82) is 0 Å². The number of piperazine rings is 1. The molecular weight excluding hydrogens is 324 g/mol. The van der Waals surface area contributed by atoms with Gasteiger partial charge in [0.15, 0.2) is 5.58 Å². The van der Waals surface area contributed by atoms with Gasteiger partial charge in [0.05, 0.1) is 5.69 Å². The van der Waals surface area contributed by atoms with Gasteiger partial charge in [0, 0.05) is 43.7 Å². The van der Waals surface area contributed by atoms with E-state index in [2.05, 4.69) is 40.1 Å². The van der Waals surface area contributed by atoms with Gasteiger partial charge in [-0.05, 0) is 36.1 Å². The van der Waals surface area contributed by atoms with Crippen LogP contribution in [0.25, 0.3) is 11.0 Å². The summed E-state index contributed by atoms with van der Waals surface area (Å²) in [4.78, 5) is 16.6. The smallest absolute Gasteiger partial charge is 0.336 e. The van der Waals surface area contributed by atoms with Gasteiger partial charge in [-0.25, -0.2) is 4.79 Å². The number of benzene rings is 2. The number of fused-ring (bicyclic) bond motifs is 2. The molecule has 1 fully saturated rings. The van der Waals surface area contributed by atoms with Crippen LogP contribution in [-0.4, -0.2) is 37.1 Å². The SMILES string of the molecule is O=c1ccc2cccc(N3CCN(C4Cc5ccccc5C4)CC3)c2o1. The summed E-state index contributed by atoms with van der Waals surface area (Å²) >= 11 is 0. The molecule has 0 saturated carbocycles. The maximum absolute atomic E-state index is 11.7. The third kappa shape index (κ3) is 2.71. The van der Waals surface area contributed by atoms with Crippen LogP contribution < -0.4 is 10.5 Å². The average molecular weight is 346 g/mol. The van der Waals surface area contributed by atoms with Gasteiger partial charge in [0.25, 0.3) is 0 Å². The van der Waals surface area contributed by atoms with Gasteiger partial charge >= 0.3 is 5.63 Å². The van der Waals surface area contributed by atoms with E-state index in [1.807, 2.05) is 18.2 Å². The van der Waals surface area contributed by atoms with E-state index in [9.17, 15) is 4.79 Å². The molecule has 1 saturated heterocycles. The van der Waals surface area contributed by atoms with Crippen LogP contribution in [0.5, 0.6) is 0 Å². The van der Waals surface area contributed by atoms with Gasteiger partial charge in [-0.3, -0.25) is 4.90 Å². The molecule has 2 aromatic carbocycles. The quantitative estimate of drug-likeness (QED) is 0.668. The van der Waals surface area contributed by atoms with E-state index in [1.54, 1.807) is 0 Å². The Bertz CT molecular complexity index is 977. The van der Waals surface area contributed by atoms with E-state index in [-0.39, 0.29) is 5.63 Å². The molecule has 1 aliphatic heterocycles. The monoisotopic (exact) mass is 346 g/mol. The lowest BCUT2D eigenvalue weighted by Gasteiger charge is -2.39. The van der Waals surface area contributed by atoms with E-state index < -0.39 is 0 Å². The first-order chi connectivity index (χ1) is 12.8. The molecule has 26 heavy (non-hydrogen) atoms. The number of anilines is 1. The van der Waals surface area contributed by atoms with E-state index in [0.717, 1.165) is 37.3 Å². The summed E-state index contributed by atoms with van der Waals surface area (Å²) in [6.07, 6.45) is 2.33. The lowest BCUT2D eigenvalue weighted by molar-refractivity contribution is 0.190. The standard InChI is InChI=1S/C22H22N2O2/c25-21-9-8-16-6-3-7-20(22(16)26-21)24-12-10-23(11-13-24)19-14-17-4-1-2-5-18(17)15-19/h1-9,19H,10-15H2. The van der Waals surface area contributed by atoms with Crippen LogP contribution in [0.4, 0.5) is 5.69 Å². The van der Waals surface area contributed by atoms with Crippen LogP contribution in [0.3, 0.4) is 0 Å². The Kier molecular flexibility index (Phi) is 3.79. The predicted octanol–water partition coefficient (Wildman–Crippen LogP) is 3.08. The van der Waals surface area contributed by atoms with Crippen molar-refractivity contribution >= 4 is 16.7 Å². The van der Waals surface area contributed by atoms with Crippen LogP contribution in [-0.2, 0) is 12.8 Å². The predicted molar refractivity (Wildman–Crippen MR) is 104 cm³/mol. The van der Waals surface area contributed by atoms with Crippen molar-refractivity contribution in [3.8, 4) is 0 Å². The Morgan fingerprint density at radius 2 is 1.54 bits per heavy atom. The molecule has 2 aliphatic rings. The maximum Gasteiger partial charge on any atom is 0.336 e. The van der Waals surface area contributed by atoms with E-state index in [4.69, 9.17) is 4.42 Å². The largest absolute Gasteiger partial charge is 0.420 e. The van der Waals surface area contributed by atoms with Crippen molar-refractivity contribution in [2.24, 2.45) is 0 Å². The zero-order chi connectivity index (χ0) is 17.5. The Morgan fingerprint density at radius 3 is 2.27 bits per heavy atom. The first-order valence-electron chi connectivity index (χ1n) is 9.36. The molecule has 0 radical (unpaired) electrons. The fraction of sp³-hybridized carbons (Fsp3) is 0.318. The van der Waals surface area contributed by atoms with Crippen molar-refractivity contribution in [3.63, 3.8) is 0 Å². The first kappa shape index (κ1) is 15.6. The second-order valence-corrected chi connectivity index (χ2v) is 7.30. The summed E-state index contributed by atoms with van der Waals surface area (Å²) in [6, 6.07) is 18.9. The molecule has 0 N–H and O–H groups in total. The third-order valence-electron chi connectivity index (χ3n) is 5.83. The van der Waals surface area contributed by atoms with Crippen LogP contribution >= 0.6 is 0 Å². The minimum absolute atomic E-state index is 0.285. The minimum Gasteiger partial charge on any atom is -0.420 e. The number of rotatable bonds is 2. The number of hydrogen-bond acceptors (Lipinski definition) is 4.